The number of hydrogen-bond donors (Lipinski definition) is 2. The first kappa shape index (κ1) is 16.1. The number of amidine groups is 1. The standard InChI is InChI=1S/C9H21N3O4S/c1-4-16-5-6-17(14,15)12(3)8(2)7-9(10)11-13/h8,13H,4-7H2,1-3H3,(H2,10,11). The fourth-order valence-electron chi connectivity index (χ4n) is 1.20. The van der Waals surface area contributed by atoms with Gasteiger partial charge in [-0.05, 0) is 13.8 Å². The topological polar surface area (TPSA) is 105 Å². The molecular weight excluding hydrogens is 246 g/mol. The maximum Gasteiger partial charge on any atom is 0.216 e. The van der Waals surface area contributed by atoms with E-state index in [1.54, 1.807) is 13.8 Å². The first-order valence-electron chi connectivity index (χ1n) is 5.35. The van der Waals surface area contributed by atoms with Gasteiger partial charge in [0, 0.05) is 26.1 Å². The maximum absolute atomic E-state index is 11.8. The highest BCUT2D eigenvalue weighted by Gasteiger charge is 2.23. The second kappa shape index (κ2) is 7.46. The minimum absolute atomic E-state index is 0.00404. The molecular formula is C9H21N3O4S. The molecule has 0 aliphatic carbocycles. The fraction of sp³-hybridized carbons (Fsp3) is 0.889. The van der Waals surface area contributed by atoms with E-state index < -0.39 is 10.0 Å². The zero-order chi connectivity index (χ0) is 13.5. The quantitative estimate of drug-likeness (QED) is 0.208. The summed E-state index contributed by atoms with van der Waals surface area (Å²) < 4.78 is 29.9. The molecule has 7 nitrogen and oxygen atoms in total. The van der Waals surface area contributed by atoms with E-state index in [0.29, 0.717) is 6.61 Å². The molecule has 17 heavy (non-hydrogen) atoms. The SMILES string of the molecule is CCOCCS(=O)(=O)N(C)C(C)C/C(N)=N/O. The van der Waals surface area contributed by atoms with Crippen LogP contribution in [0.3, 0.4) is 0 Å². The van der Waals surface area contributed by atoms with Crippen LogP contribution in [0.1, 0.15) is 20.3 Å². The summed E-state index contributed by atoms with van der Waals surface area (Å²) in [7, 11) is -1.90. The summed E-state index contributed by atoms with van der Waals surface area (Å²) in [5, 5.41) is 11.2. The zero-order valence-corrected chi connectivity index (χ0v) is 11.3. The lowest BCUT2D eigenvalue weighted by Crippen LogP contribution is -2.39. The van der Waals surface area contributed by atoms with Crippen molar-refractivity contribution in [2.24, 2.45) is 10.9 Å². The molecule has 0 bridgehead atoms. The van der Waals surface area contributed by atoms with E-state index in [1.807, 2.05) is 0 Å². The fourth-order valence-corrected chi connectivity index (χ4v) is 2.44. The molecule has 0 aliphatic rings. The van der Waals surface area contributed by atoms with Crippen LogP contribution in [0.15, 0.2) is 5.16 Å². The van der Waals surface area contributed by atoms with Crippen molar-refractivity contribution in [3.05, 3.63) is 0 Å². The van der Waals surface area contributed by atoms with E-state index in [9.17, 15) is 8.42 Å². The Balaban J connectivity index is 4.40. The summed E-state index contributed by atoms with van der Waals surface area (Å²) in [6, 6.07) is -0.363. The average Bonchev–Trinajstić information content (AvgIpc) is 2.27. The Kier molecular flexibility index (Phi) is 7.09. The number of oxime groups is 1. The van der Waals surface area contributed by atoms with Crippen molar-refractivity contribution in [2.45, 2.75) is 26.3 Å². The molecule has 0 heterocycles. The highest BCUT2D eigenvalue weighted by Crippen LogP contribution is 2.08. The van der Waals surface area contributed by atoms with Crippen molar-refractivity contribution >= 4 is 15.9 Å². The minimum atomic E-state index is -3.37. The molecule has 0 aromatic heterocycles. The number of nitrogens with two attached hydrogens (primary N) is 1. The van der Waals surface area contributed by atoms with Gasteiger partial charge in [-0.1, -0.05) is 5.16 Å². The molecule has 0 rings (SSSR count). The average molecular weight is 267 g/mol. The van der Waals surface area contributed by atoms with Gasteiger partial charge in [0.1, 0.15) is 5.84 Å². The monoisotopic (exact) mass is 267 g/mol. The Morgan fingerprint density at radius 3 is 2.65 bits per heavy atom. The van der Waals surface area contributed by atoms with Gasteiger partial charge in [0.25, 0.3) is 0 Å². The van der Waals surface area contributed by atoms with Gasteiger partial charge in [-0.25, -0.2) is 12.7 Å². The molecule has 0 spiro atoms. The van der Waals surface area contributed by atoms with E-state index in [2.05, 4.69) is 5.16 Å². The molecule has 0 aromatic rings. The van der Waals surface area contributed by atoms with Crippen molar-refractivity contribution in [2.75, 3.05) is 26.0 Å². The smallest absolute Gasteiger partial charge is 0.216 e. The summed E-state index contributed by atoms with van der Waals surface area (Å²) in [5.74, 6) is -0.0675. The number of ether oxygens (including phenoxy) is 1. The first-order chi connectivity index (χ1) is 7.85. The van der Waals surface area contributed by atoms with Crippen LogP contribution in [0, 0.1) is 0 Å². The van der Waals surface area contributed by atoms with E-state index in [1.165, 1.54) is 11.4 Å². The third-order valence-electron chi connectivity index (χ3n) is 2.38. The number of nitrogens with zero attached hydrogens (tertiary/aromatic N) is 2. The zero-order valence-electron chi connectivity index (χ0n) is 10.5. The van der Waals surface area contributed by atoms with Crippen molar-refractivity contribution in [1.82, 2.24) is 4.31 Å². The lowest BCUT2D eigenvalue weighted by molar-refractivity contribution is 0.162. The van der Waals surface area contributed by atoms with Crippen LogP contribution in [0.5, 0.6) is 0 Å². The Labute approximate surface area is 102 Å². The number of hydrogen-bond acceptors (Lipinski definition) is 5. The maximum atomic E-state index is 11.8. The summed E-state index contributed by atoms with van der Waals surface area (Å²) in [6.45, 7) is 4.14. The highest BCUT2D eigenvalue weighted by molar-refractivity contribution is 7.89. The Morgan fingerprint density at radius 1 is 1.59 bits per heavy atom. The first-order valence-corrected chi connectivity index (χ1v) is 6.96. The van der Waals surface area contributed by atoms with Crippen LogP contribution in [0.4, 0.5) is 0 Å². The molecule has 0 saturated carbocycles. The van der Waals surface area contributed by atoms with E-state index in [0.717, 1.165) is 0 Å². The van der Waals surface area contributed by atoms with Crippen molar-refractivity contribution in [3.63, 3.8) is 0 Å². The van der Waals surface area contributed by atoms with Gasteiger partial charge in [-0.3, -0.25) is 0 Å². The Bertz CT molecular complexity index is 342. The molecule has 0 saturated heterocycles. The third-order valence-corrected chi connectivity index (χ3v) is 4.30. The van der Waals surface area contributed by atoms with Gasteiger partial charge < -0.3 is 15.7 Å². The minimum Gasteiger partial charge on any atom is -0.409 e. The number of sulfonamides is 1. The molecule has 0 amide bonds. The van der Waals surface area contributed by atoms with Gasteiger partial charge in [-0.2, -0.15) is 0 Å². The van der Waals surface area contributed by atoms with E-state index in [-0.39, 0.29) is 30.7 Å². The summed E-state index contributed by atoms with van der Waals surface area (Å²) in [5.41, 5.74) is 5.33. The van der Waals surface area contributed by atoms with Crippen LogP contribution >= 0.6 is 0 Å². The molecule has 3 N–H and O–H groups in total. The molecule has 1 unspecified atom stereocenters. The molecule has 0 aromatic carbocycles. The van der Waals surface area contributed by atoms with E-state index >= 15 is 0 Å². The lowest BCUT2D eigenvalue weighted by Gasteiger charge is -2.23. The van der Waals surface area contributed by atoms with Gasteiger partial charge in [0.2, 0.25) is 10.0 Å². The van der Waals surface area contributed by atoms with Crippen molar-refractivity contribution < 1.29 is 18.4 Å². The summed E-state index contributed by atoms with van der Waals surface area (Å²) in [4.78, 5) is 0. The number of rotatable bonds is 8. The van der Waals surface area contributed by atoms with Gasteiger partial charge in [0.05, 0.1) is 12.4 Å². The van der Waals surface area contributed by atoms with Crippen LogP contribution in [-0.2, 0) is 14.8 Å². The van der Waals surface area contributed by atoms with Gasteiger partial charge >= 0.3 is 0 Å². The Morgan fingerprint density at radius 2 is 2.18 bits per heavy atom. The highest BCUT2D eigenvalue weighted by atomic mass is 32.2. The second-order valence-electron chi connectivity index (χ2n) is 3.67. The van der Waals surface area contributed by atoms with E-state index in [4.69, 9.17) is 15.7 Å². The van der Waals surface area contributed by atoms with Crippen LogP contribution < -0.4 is 5.73 Å². The predicted molar refractivity (Wildman–Crippen MR) is 65.5 cm³/mol. The molecule has 0 fully saturated rings. The molecule has 0 aliphatic heterocycles. The molecule has 8 heteroatoms. The van der Waals surface area contributed by atoms with Crippen molar-refractivity contribution in [1.29, 1.82) is 0 Å². The normalized spacial score (nSPS) is 15.2. The lowest BCUT2D eigenvalue weighted by atomic mass is 10.2. The predicted octanol–water partition coefficient (Wildman–Crippen LogP) is -0.190. The largest absolute Gasteiger partial charge is 0.409 e. The Hall–Kier alpha value is -0.860. The van der Waals surface area contributed by atoms with Crippen LogP contribution in [0.2, 0.25) is 0 Å². The second-order valence-corrected chi connectivity index (χ2v) is 5.82. The molecule has 0 radical (unpaired) electrons. The summed E-state index contributed by atoms with van der Waals surface area (Å²) >= 11 is 0. The van der Waals surface area contributed by atoms with Gasteiger partial charge in [-0.15, -0.1) is 0 Å². The summed E-state index contributed by atoms with van der Waals surface area (Å²) in [6.07, 6.45) is 0.181. The van der Waals surface area contributed by atoms with Crippen LogP contribution in [0.25, 0.3) is 0 Å². The van der Waals surface area contributed by atoms with Crippen LogP contribution in [-0.4, -0.2) is 55.8 Å². The third kappa shape index (κ3) is 5.85. The van der Waals surface area contributed by atoms with Crippen molar-refractivity contribution in [3.8, 4) is 0 Å². The van der Waals surface area contributed by atoms with Gasteiger partial charge in [0.15, 0.2) is 0 Å². The molecule has 102 valence electrons. The molecule has 1 atom stereocenters.